The van der Waals surface area contributed by atoms with Crippen molar-refractivity contribution in [3.05, 3.63) is 59.1 Å². The zero-order chi connectivity index (χ0) is 14.8. The van der Waals surface area contributed by atoms with Crippen LogP contribution in [0.2, 0.25) is 0 Å². The highest BCUT2D eigenvalue weighted by Crippen LogP contribution is 2.37. The molecular formula is C17H15FN2S. The van der Waals surface area contributed by atoms with Crippen molar-refractivity contribution in [2.75, 3.05) is 0 Å². The highest BCUT2D eigenvalue weighted by molar-refractivity contribution is 7.15. The molecule has 2 heterocycles. The predicted octanol–water partition coefficient (Wildman–Crippen LogP) is 4.88. The third-order valence-corrected chi connectivity index (χ3v) is 4.50. The van der Waals surface area contributed by atoms with Crippen molar-refractivity contribution >= 4 is 11.3 Å². The molecule has 0 unspecified atom stereocenters. The molecule has 0 fully saturated rings. The van der Waals surface area contributed by atoms with E-state index in [1.165, 1.54) is 17.8 Å². The molecule has 0 spiro atoms. The van der Waals surface area contributed by atoms with E-state index in [4.69, 9.17) is 4.98 Å². The number of pyridine rings is 1. The van der Waals surface area contributed by atoms with Crippen LogP contribution in [0.15, 0.2) is 42.6 Å². The van der Waals surface area contributed by atoms with E-state index in [9.17, 15) is 4.39 Å². The maximum Gasteiger partial charge on any atom is 0.213 e. The Kier molecular flexibility index (Phi) is 3.80. The molecule has 21 heavy (non-hydrogen) atoms. The summed E-state index contributed by atoms with van der Waals surface area (Å²) in [5.74, 6) is -0.464. The second-order valence-corrected chi connectivity index (χ2v) is 5.96. The van der Waals surface area contributed by atoms with Gasteiger partial charge in [-0.3, -0.25) is 0 Å². The van der Waals surface area contributed by atoms with Crippen molar-refractivity contribution in [2.24, 2.45) is 0 Å². The lowest BCUT2D eigenvalue weighted by Gasteiger charge is -2.04. The quantitative estimate of drug-likeness (QED) is 0.644. The third kappa shape index (κ3) is 2.85. The van der Waals surface area contributed by atoms with Crippen LogP contribution in [0.4, 0.5) is 4.39 Å². The summed E-state index contributed by atoms with van der Waals surface area (Å²) >= 11 is 1.62. The van der Waals surface area contributed by atoms with E-state index in [2.05, 4.69) is 31.0 Å². The first-order chi connectivity index (χ1) is 10.2. The molecular weight excluding hydrogens is 283 g/mol. The van der Waals surface area contributed by atoms with E-state index in [-0.39, 0.29) is 0 Å². The summed E-state index contributed by atoms with van der Waals surface area (Å²) in [6.45, 7) is 4.14. The number of thiazole rings is 1. The van der Waals surface area contributed by atoms with E-state index >= 15 is 0 Å². The fraction of sp³-hybridized carbons (Fsp3) is 0.176. The van der Waals surface area contributed by atoms with Gasteiger partial charge in [-0.2, -0.15) is 4.39 Å². The van der Waals surface area contributed by atoms with Gasteiger partial charge in [0.15, 0.2) is 0 Å². The molecule has 0 saturated carbocycles. The van der Waals surface area contributed by atoms with Crippen molar-refractivity contribution < 1.29 is 4.39 Å². The summed E-state index contributed by atoms with van der Waals surface area (Å²) < 4.78 is 13.4. The lowest BCUT2D eigenvalue weighted by atomic mass is 10.1. The van der Waals surface area contributed by atoms with Gasteiger partial charge in [-0.05, 0) is 31.0 Å². The third-order valence-electron chi connectivity index (χ3n) is 3.25. The number of aromatic nitrogens is 2. The van der Waals surface area contributed by atoms with Crippen LogP contribution in [0.3, 0.4) is 0 Å². The van der Waals surface area contributed by atoms with Crippen LogP contribution in [0.5, 0.6) is 0 Å². The molecule has 1 aromatic carbocycles. The molecule has 3 aromatic rings. The number of rotatable bonds is 3. The van der Waals surface area contributed by atoms with Crippen LogP contribution in [0.1, 0.15) is 17.5 Å². The summed E-state index contributed by atoms with van der Waals surface area (Å²) in [6, 6.07) is 11.5. The van der Waals surface area contributed by atoms with Gasteiger partial charge in [0, 0.05) is 17.8 Å². The average molecular weight is 298 g/mol. The van der Waals surface area contributed by atoms with Gasteiger partial charge in [-0.25, -0.2) is 9.97 Å². The monoisotopic (exact) mass is 298 g/mol. The highest BCUT2D eigenvalue weighted by atomic mass is 32.1. The van der Waals surface area contributed by atoms with Crippen LogP contribution >= 0.6 is 11.3 Å². The Hall–Kier alpha value is -2.07. The van der Waals surface area contributed by atoms with Crippen molar-refractivity contribution in [3.63, 3.8) is 0 Å². The van der Waals surface area contributed by atoms with E-state index in [0.717, 1.165) is 33.1 Å². The molecule has 0 aliphatic rings. The minimum absolute atomic E-state index is 0.464. The van der Waals surface area contributed by atoms with Crippen molar-refractivity contribution in [1.29, 1.82) is 0 Å². The first-order valence-electron chi connectivity index (χ1n) is 6.86. The summed E-state index contributed by atoms with van der Waals surface area (Å²) in [6.07, 6.45) is 2.37. The Morgan fingerprint density at radius 2 is 2.00 bits per heavy atom. The molecule has 2 nitrogen and oxygen atoms in total. The fourth-order valence-electron chi connectivity index (χ4n) is 2.24. The van der Waals surface area contributed by atoms with E-state index in [1.54, 1.807) is 11.3 Å². The first kappa shape index (κ1) is 13.9. The zero-order valence-electron chi connectivity index (χ0n) is 11.9. The molecule has 106 valence electrons. The van der Waals surface area contributed by atoms with Gasteiger partial charge >= 0.3 is 0 Å². The van der Waals surface area contributed by atoms with Gasteiger partial charge in [0.05, 0.1) is 15.6 Å². The van der Waals surface area contributed by atoms with E-state index < -0.39 is 5.95 Å². The Balaban J connectivity index is 2.18. The van der Waals surface area contributed by atoms with Crippen molar-refractivity contribution in [2.45, 2.75) is 20.3 Å². The number of aryl methyl sites for hydroxylation is 2. The molecule has 0 aliphatic carbocycles. The predicted molar refractivity (Wildman–Crippen MR) is 84.9 cm³/mol. The summed E-state index contributed by atoms with van der Waals surface area (Å²) in [4.78, 5) is 9.35. The zero-order valence-corrected chi connectivity index (χ0v) is 12.7. The minimum atomic E-state index is -0.464. The molecule has 2 aromatic heterocycles. The molecule has 0 radical (unpaired) electrons. The molecule has 0 saturated heterocycles. The van der Waals surface area contributed by atoms with Gasteiger partial charge in [-0.1, -0.05) is 30.7 Å². The molecule has 0 aliphatic heterocycles. The number of halogens is 1. The summed E-state index contributed by atoms with van der Waals surface area (Å²) in [5.41, 5.74) is 4.01. The Labute approximate surface area is 127 Å². The summed E-state index contributed by atoms with van der Waals surface area (Å²) in [7, 11) is 0. The molecule has 0 N–H and O–H groups in total. The van der Waals surface area contributed by atoms with Crippen LogP contribution in [-0.4, -0.2) is 9.97 Å². The van der Waals surface area contributed by atoms with Crippen LogP contribution in [0.25, 0.3) is 21.7 Å². The van der Waals surface area contributed by atoms with Crippen LogP contribution < -0.4 is 0 Å². The van der Waals surface area contributed by atoms with Crippen LogP contribution in [0, 0.1) is 12.9 Å². The summed E-state index contributed by atoms with van der Waals surface area (Å²) in [5, 5.41) is 1.05. The highest BCUT2D eigenvalue weighted by Gasteiger charge is 2.15. The maximum absolute atomic E-state index is 13.4. The number of nitrogens with zero attached hydrogens (tertiary/aromatic N) is 2. The number of hydrogen-bond acceptors (Lipinski definition) is 3. The van der Waals surface area contributed by atoms with Crippen molar-refractivity contribution in [1.82, 2.24) is 9.97 Å². The standard InChI is InChI=1S/C17H15FN2S/c1-3-15-20-16(12-6-4-5-11(2)9-12)17(21-15)13-7-8-19-14(18)10-13/h4-10H,3H2,1-2H3. The second kappa shape index (κ2) is 5.74. The van der Waals surface area contributed by atoms with E-state index in [1.807, 2.05) is 18.2 Å². The number of hydrogen-bond donors (Lipinski definition) is 0. The molecule has 0 amide bonds. The Morgan fingerprint density at radius 1 is 1.14 bits per heavy atom. The first-order valence-corrected chi connectivity index (χ1v) is 7.67. The lowest BCUT2D eigenvalue weighted by molar-refractivity contribution is 0.584. The Bertz CT molecular complexity index is 717. The van der Waals surface area contributed by atoms with Gasteiger partial charge in [0.25, 0.3) is 0 Å². The Morgan fingerprint density at radius 3 is 2.71 bits per heavy atom. The van der Waals surface area contributed by atoms with Crippen LogP contribution in [-0.2, 0) is 6.42 Å². The average Bonchev–Trinajstić information content (AvgIpc) is 2.91. The molecule has 4 heteroatoms. The van der Waals surface area contributed by atoms with Gasteiger partial charge in [0.2, 0.25) is 5.95 Å². The SMILES string of the molecule is CCc1nc(-c2cccc(C)c2)c(-c2ccnc(F)c2)s1. The van der Waals surface area contributed by atoms with Gasteiger partial charge in [0.1, 0.15) is 0 Å². The smallest absolute Gasteiger partial charge is 0.213 e. The second-order valence-electron chi connectivity index (χ2n) is 4.88. The number of benzene rings is 1. The largest absolute Gasteiger partial charge is 0.241 e. The maximum atomic E-state index is 13.4. The van der Waals surface area contributed by atoms with Gasteiger partial charge in [-0.15, -0.1) is 11.3 Å². The fourth-order valence-corrected chi connectivity index (χ4v) is 3.26. The van der Waals surface area contributed by atoms with E-state index in [0.29, 0.717) is 0 Å². The molecule has 3 rings (SSSR count). The van der Waals surface area contributed by atoms with Gasteiger partial charge < -0.3 is 0 Å². The lowest BCUT2D eigenvalue weighted by Crippen LogP contribution is -1.86. The normalized spacial score (nSPS) is 10.8. The minimum Gasteiger partial charge on any atom is -0.241 e. The topological polar surface area (TPSA) is 25.8 Å². The van der Waals surface area contributed by atoms with Crippen molar-refractivity contribution in [3.8, 4) is 21.7 Å². The molecule has 0 atom stereocenters. The molecule has 0 bridgehead atoms.